The highest BCUT2D eigenvalue weighted by atomic mass is 79.9. The fourth-order valence-corrected chi connectivity index (χ4v) is 2.20. The molecule has 0 spiro atoms. The third-order valence-corrected chi connectivity index (χ3v) is 3.58. The van der Waals surface area contributed by atoms with Crippen molar-refractivity contribution >= 4 is 33.3 Å². The van der Waals surface area contributed by atoms with Gasteiger partial charge in [0.15, 0.2) is 17.7 Å². The van der Waals surface area contributed by atoms with Gasteiger partial charge in [0.1, 0.15) is 5.75 Å². The Morgan fingerprint density at radius 2 is 1.90 bits per heavy atom. The van der Waals surface area contributed by atoms with Gasteiger partial charge in [0.25, 0.3) is 0 Å². The number of Topliss-reactive ketones (excluding diaryl/α,β-unsaturated/α-hetero) is 1. The van der Waals surface area contributed by atoms with Gasteiger partial charge >= 0.3 is 0 Å². The van der Waals surface area contributed by atoms with Gasteiger partial charge in [0.05, 0.1) is 5.02 Å². The van der Waals surface area contributed by atoms with E-state index in [9.17, 15) is 13.6 Å². The molecule has 0 heterocycles. The smallest absolute Gasteiger partial charge is 0.203 e. The van der Waals surface area contributed by atoms with Gasteiger partial charge in [-0.25, -0.2) is 8.78 Å². The Morgan fingerprint density at radius 3 is 2.57 bits per heavy atom. The van der Waals surface area contributed by atoms with Gasteiger partial charge in [0.2, 0.25) is 5.78 Å². The number of ether oxygens (including phenoxy) is 1. The van der Waals surface area contributed by atoms with E-state index in [1.54, 1.807) is 18.2 Å². The van der Waals surface area contributed by atoms with E-state index in [0.717, 1.165) is 16.6 Å². The Kier molecular flexibility index (Phi) is 4.96. The second kappa shape index (κ2) is 6.54. The number of hydrogen-bond donors (Lipinski definition) is 0. The molecular formula is C15H10BrClF2O2. The lowest BCUT2D eigenvalue weighted by Gasteiger charge is -2.15. The molecule has 0 aliphatic rings. The first-order chi connectivity index (χ1) is 9.88. The quantitative estimate of drug-likeness (QED) is 0.701. The number of rotatable bonds is 4. The van der Waals surface area contributed by atoms with Gasteiger partial charge in [-0.2, -0.15) is 0 Å². The Balaban J connectivity index is 2.19. The SMILES string of the molecule is CC(Oc1cc(Br)ccc1Cl)C(=O)c1ccc(F)c(F)c1. The fourth-order valence-electron chi connectivity index (χ4n) is 1.70. The van der Waals surface area contributed by atoms with Crippen molar-refractivity contribution in [1.82, 2.24) is 0 Å². The maximum absolute atomic E-state index is 13.2. The zero-order chi connectivity index (χ0) is 15.6. The van der Waals surface area contributed by atoms with Crippen molar-refractivity contribution in [2.75, 3.05) is 0 Å². The maximum Gasteiger partial charge on any atom is 0.203 e. The molecule has 0 aromatic heterocycles. The minimum absolute atomic E-state index is 0.0347. The van der Waals surface area contributed by atoms with E-state index in [0.29, 0.717) is 10.8 Å². The molecule has 0 saturated heterocycles. The molecule has 0 aliphatic heterocycles. The largest absolute Gasteiger partial charge is 0.481 e. The van der Waals surface area contributed by atoms with Crippen molar-refractivity contribution < 1.29 is 18.3 Å². The number of halogens is 4. The molecule has 0 fully saturated rings. The van der Waals surface area contributed by atoms with Crippen molar-refractivity contribution in [2.45, 2.75) is 13.0 Å². The average molecular weight is 376 g/mol. The molecule has 0 radical (unpaired) electrons. The highest BCUT2D eigenvalue weighted by Crippen LogP contribution is 2.29. The first-order valence-corrected chi connectivity index (χ1v) is 7.16. The molecule has 2 rings (SSSR count). The number of ketones is 1. The van der Waals surface area contributed by atoms with Crippen LogP contribution in [0.2, 0.25) is 5.02 Å². The summed E-state index contributed by atoms with van der Waals surface area (Å²) in [5.41, 5.74) is 0.0347. The Labute approximate surface area is 133 Å². The summed E-state index contributed by atoms with van der Waals surface area (Å²) in [6.07, 6.45) is -0.887. The van der Waals surface area contributed by atoms with E-state index in [4.69, 9.17) is 16.3 Å². The van der Waals surface area contributed by atoms with E-state index in [1.807, 2.05) is 0 Å². The lowest BCUT2D eigenvalue weighted by Crippen LogP contribution is -2.24. The Hall–Kier alpha value is -1.46. The molecule has 2 nitrogen and oxygen atoms in total. The van der Waals surface area contributed by atoms with Crippen LogP contribution in [0.4, 0.5) is 8.78 Å². The van der Waals surface area contributed by atoms with Crippen LogP contribution in [0.25, 0.3) is 0 Å². The normalized spacial score (nSPS) is 12.0. The van der Waals surface area contributed by atoms with E-state index < -0.39 is 23.5 Å². The van der Waals surface area contributed by atoms with E-state index in [1.165, 1.54) is 13.0 Å². The number of benzene rings is 2. The highest BCUT2D eigenvalue weighted by Gasteiger charge is 2.19. The maximum atomic E-state index is 13.2. The average Bonchev–Trinajstić information content (AvgIpc) is 2.45. The molecule has 0 bridgehead atoms. The molecular weight excluding hydrogens is 366 g/mol. The first-order valence-electron chi connectivity index (χ1n) is 5.99. The molecule has 2 aromatic rings. The predicted molar refractivity (Wildman–Crippen MR) is 79.9 cm³/mol. The first kappa shape index (κ1) is 15.9. The number of hydrogen-bond acceptors (Lipinski definition) is 2. The molecule has 0 N–H and O–H groups in total. The standard InChI is InChI=1S/C15H10BrClF2O2/c1-8(21-14-7-10(16)3-4-11(14)17)15(20)9-2-5-12(18)13(19)6-9/h2-8H,1H3. The zero-order valence-electron chi connectivity index (χ0n) is 10.9. The molecule has 6 heteroatoms. The molecule has 21 heavy (non-hydrogen) atoms. The summed E-state index contributed by atoms with van der Waals surface area (Å²) in [5, 5.41) is 0.350. The van der Waals surface area contributed by atoms with Crippen LogP contribution in [0.3, 0.4) is 0 Å². The van der Waals surface area contributed by atoms with Crippen molar-refractivity contribution in [3.63, 3.8) is 0 Å². The van der Waals surface area contributed by atoms with Crippen molar-refractivity contribution in [3.05, 3.63) is 63.1 Å². The molecule has 0 amide bonds. The third-order valence-electron chi connectivity index (χ3n) is 2.77. The van der Waals surface area contributed by atoms with Gasteiger partial charge in [-0.05, 0) is 43.3 Å². The summed E-state index contributed by atoms with van der Waals surface area (Å²) in [6, 6.07) is 7.94. The van der Waals surface area contributed by atoms with Crippen LogP contribution in [0.15, 0.2) is 40.9 Å². The lowest BCUT2D eigenvalue weighted by molar-refractivity contribution is 0.0817. The van der Waals surface area contributed by atoms with Gasteiger partial charge in [-0.1, -0.05) is 27.5 Å². The van der Waals surface area contributed by atoms with Gasteiger partial charge in [-0.3, -0.25) is 4.79 Å². The second-order valence-corrected chi connectivity index (χ2v) is 5.65. The van der Waals surface area contributed by atoms with Crippen molar-refractivity contribution in [2.24, 2.45) is 0 Å². The van der Waals surface area contributed by atoms with Crippen LogP contribution in [0, 0.1) is 11.6 Å². The van der Waals surface area contributed by atoms with Crippen molar-refractivity contribution in [3.8, 4) is 5.75 Å². The lowest BCUT2D eigenvalue weighted by atomic mass is 10.1. The second-order valence-electron chi connectivity index (χ2n) is 4.33. The number of carbonyl (C=O) groups is 1. The summed E-state index contributed by atoms with van der Waals surface area (Å²) < 4.78 is 32.2. The van der Waals surface area contributed by atoms with Crippen LogP contribution in [0.5, 0.6) is 5.75 Å². The van der Waals surface area contributed by atoms with Crippen LogP contribution in [0.1, 0.15) is 17.3 Å². The summed E-state index contributed by atoms with van der Waals surface area (Å²) in [6.45, 7) is 1.51. The summed E-state index contributed by atoms with van der Waals surface area (Å²) in [5.74, 6) is -2.22. The minimum Gasteiger partial charge on any atom is -0.481 e. The number of carbonyl (C=O) groups excluding carboxylic acids is 1. The molecule has 110 valence electrons. The van der Waals surface area contributed by atoms with Gasteiger partial charge in [-0.15, -0.1) is 0 Å². The highest BCUT2D eigenvalue weighted by molar-refractivity contribution is 9.10. The summed E-state index contributed by atoms with van der Waals surface area (Å²) >= 11 is 9.24. The summed E-state index contributed by atoms with van der Waals surface area (Å²) in [4.78, 5) is 12.1. The van der Waals surface area contributed by atoms with Crippen LogP contribution >= 0.6 is 27.5 Å². The van der Waals surface area contributed by atoms with Gasteiger partial charge < -0.3 is 4.74 Å². The van der Waals surface area contributed by atoms with Crippen molar-refractivity contribution in [1.29, 1.82) is 0 Å². The summed E-state index contributed by atoms with van der Waals surface area (Å²) in [7, 11) is 0. The minimum atomic E-state index is -1.08. The van der Waals surface area contributed by atoms with Gasteiger partial charge in [0, 0.05) is 10.0 Å². The van der Waals surface area contributed by atoms with Crippen LogP contribution < -0.4 is 4.74 Å². The molecule has 1 unspecified atom stereocenters. The predicted octanol–water partition coefficient (Wildman–Crippen LogP) is 5.03. The van der Waals surface area contributed by atoms with E-state index in [-0.39, 0.29) is 5.56 Å². The fraction of sp³-hybridized carbons (Fsp3) is 0.133. The molecule has 0 aliphatic carbocycles. The monoisotopic (exact) mass is 374 g/mol. The van der Waals surface area contributed by atoms with E-state index >= 15 is 0 Å². The zero-order valence-corrected chi connectivity index (χ0v) is 13.2. The molecule has 0 saturated carbocycles. The third kappa shape index (κ3) is 3.80. The molecule has 1 atom stereocenters. The Bertz CT molecular complexity index is 691. The van der Waals surface area contributed by atoms with Crippen LogP contribution in [-0.4, -0.2) is 11.9 Å². The topological polar surface area (TPSA) is 26.3 Å². The van der Waals surface area contributed by atoms with E-state index in [2.05, 4.69) is 15.9 Å². The Morgan fingerprint density at radius 1 is 1.19 bits per heavy atom. The van der Waals surface area contributed by atoms with Crippen LogP contribution in [-0.2, 0) is 0 Å². The molecule has 2 aromatic carbocycles.